The molecule has 1 fully saturated rings. The van der Waals surface area contributed by atoms with Gasteiger partial charge in [-0.05, 0) is 25.2 Å². The molecule has 0 aliphatic heterocycles. The van der Waals surface area contributed by atoms with E-state index in [1.54, 1.807) is 0 Å². The van der Waals surface area contributed by atoms with Crippen LogP contribution in [-0.4, -0.2) is 10.7 Å². The number of alkyl halides is 3. The molecule has 0 nitrogen and oxygen atoms in total. The molecular weight excluding hydrogens is 238 g/mol. The van der Waals surface area contributed by atoms with Crippen molar-refractivity contribution in [1.82, 2.24) is 0 Å². The lowest BCUT2D eigenvalue weighted by Crippen LogP contribution is -2.25. The standard InChI is InChI=1S/C10H17BrF2/c1-7(8(2)11)6-9-4-3-5-10(9,12)13/h7-9H,3-6H2,1-2H3. The van der Waals surface area contributed by atoms with Crippen LogP contribution in [0.25, 0.3) is 0 Å². The summed E-state index contributed by atoms with van der Waals surface area (Å²) in [6.07, 6.45) is 2.15. The van der Waals surface area contributed by atoms with Gasteiger partial charge in [0.25, 0.3) is 5.92 Å². The maximum atomic E-state index is 13.2. The first-order valence-electron chi connectivity index (χ1n) is 4.95. The van der Waals surface area contributed by atoms with Crippen molar-refractivity contribution in [3.63, 3.8) is 0 Å². The van der Waals surface area contributed by atoms with Gasteiger partial charge in [0.15, 0.2) is 0 Å². The molecule has 0 spiro atoms. The van der Waals surface area contributed by atoms with Crippen molar-refractivity contribution < 1.29 is 8.78 Å². The molecule has 3 heteroatoms. The summed E-state index contributed by atoms with van der Waals surface area (Å²) in [6.45, 7) is 4.06. The molecule has 13 heavy (non-hydrogen) atoms. The van der Waals surface area contributed by atoms with E-state index in [1.165, 1.54) is 0 Å². The zero-order valence-corrected chi connectivity index (χ0v) is 9.78. The summed E-state index contributed by atoms with van der Waals surface area (Å²) in [5, 5.41) is 0. The van der Waals surface area contributed by atoms with E-state index in [0.29, 0.717) is 30.0 Å². The largest absolute Gasteiger partial charge is 0.250 e. The third kappa shape index (κ3) is 2.90. The molecule has 78 valence electrons. The zero-order valence-electron chi connectivity index (χ0n) is 8.19. The summed E-state index contributed by atoms with van der Waals surface area (Å²) in [4.78, 5) is 0.337. The van der Waals surface area contributed by atoms with Gasteiger partial charge in [-0.3, -0.25) is 0 Å². The van der Waals surface area contributed by atoms with Gasteiger partial charge in [0.2, 0.25) is 0 Å². The Hall–Kier alpha value is 0.340. The number of rotatable bonds is 3. The highest BCUT2D eigenvalue weighted by Crippen LogP contribution is 2.44. The summed E-state index contributed by atoms with van der Waals surface area (Å²) in [5.41, 5.74) is 0. The molecule has 3 atom stereocenters. The molecule has 0 aromatic rings. The van der Waals surface area contributed by atoms with Gasteiger partial charge in [0, 0.05) is 17.2 Å². The highest BCUT2D eigenvalue weighted by molar-refractivity contribution is 9.09. The fourth-order valence-corrected chi connectivity index (χ4v) is 2.14. The van der Waals surface area contributed by atoms with E-state index in [-0.39, 0.29) is 12.3 Å². The molecule has 0 bridgehead atoms. The molecule has 1 rings (SSSR count). The van der Waals surface area contributed by atoms with Crippen molar-refractivity contribution >= 4 is 15.9 Å². The smallest absolute Gasteiger partial charge is 0.207 e. The third-order valence-electron chi connectivity index (χ3n) is 3.10. The molecule has 0 amide bonds. The zero-order chi connectivity index (χ0) is 10.1. The van der Waals surface area contributed by atoms with Crippen LogP contribution in [0.15, 0.2) is 0 Å². The fourth-order valence-electron chi connectivity index (χ4n) is 1.93. The Labute approximate surface area is 87.2 Å². The van der Waals surface area contributed by atoms with Crippen molar-refractivity contribution in [2.24, 2.45) is 11.8 Å². The number of hydrogen-bond donors (Lipinski definition) is 0. The lowest BCUT2D eigenvalue weighted by Gasteiger charge is -2.23. The predicted octanol–water partition coefficient (Wildman–Crippen LogP) is 4.23. The Morgan fingerprint density at radius 2 is 2.08 bits per heavy atom. The maximum Gasteiger partial charge on any atom is 0.250 e. The molecule has 0 saturated heterocycles. The summed E-state index contributed by atoms with van der Waals surface area (Å²) in [5.74, 6) is -2.42. The Kier molecular flexibility index (Phi) is 3.73. The highest BCUT2D eigenvalue weighted by Gasteiger charge is 2.44. The molecular formula is C10H17BrF2. The summed E-state index contributed by atoms with van der Waals surface area (Å²) in [6, 6.07) is 0. The van der Waals surface area contributed by atoms with Gasteiger partial charge >= 0.3 is 0 Å². The Bertz CT molecular complexity index is 168. The van der Waals surface area contributed by atoms with Gasteiger partial charge in [-0.15, -0.1) is 0 Å². The topological polar surface area (TPSA) is 0 Å². The molecule has 1 aliphatic carbocycles. The monoisotopic (exact) mass is 254 g/mol. The second kappa shape index (κ2) is 4.24. The highest BCUT2D eigenvalue weighted by atomic mass is 79.9. The maximum absolute atomic E-state index is 13.2. The molecule has 0 heterocycles. The van der Waals surface area contributed by atoms with Crippen LogP contribution in [0, 0.1) is 11.8 Å². The Morgan fingerprint density at radius 3 is 2.46 bits per heavy atom. The first kappa shape index (κ1) is 11.4. The van der Waals surface area contributed by atoms with Crippen molar-refractivity contribution in [1.29, 1.82) is 0 Å². The Morgan fingerprint density at radius 1 is 1.46 bits per heavy atom. The van der Waals surface area contributed by atoms with E-state index in [0.717, 1.165) is 0 Å². The Balaban J connectivity index is 2.45. The van der Waals surface area contributed by atoms with Crippen LogP contribution >= 0.6 is 15.9 Å². The van der Waals surface area contributed by atoms with Crippen LogP contribution in [0.4, 0.5) is 8.78 Å². The van der Waals surface area contributed by atoms with Crippen LogP contribution < -0.4 is 0 Å². The minimum absolute atomic E-state index is 0.0983. The molecule has 0 N–H and O–H groups in total. The van der Waals surface area contributed by atoms with Gasteiger partial charge in [0.1, 0.15) is 0 Å². The average molecular weight is 255 g/mol. The van der Waals surface area contributed by atoms with Crippen molar-refractivity contribution in [2.45, 2.75) is 50.3 Å². The van der Waals surface area contributed by atoms with E-state index < -0.39 is 5.92 Å². The van der Waals surface area contributed by atoms with Gasteiger partial charge < -0.3 is 0 Å². The van der Waals surface area contributed by atoms with Crippen LogP contribution in [-0.2, 0) is 0 Å². The minimum Gasteiger partial charge on any atom is -0.207 e. The van der Waals surface area contributed by atoms with Crippen LogP contribution in [0.1, 0.15) is 39.5 Å². The molecule has 3 unspecified atom stereocenters. The van der Waals surface area contributed by atoms with E-state index in [1.807, 2.05) is 13.8 Å². The van der Waals surface area contributed by atoms with Crippen LogP contribution in [0.5, 0.6) is 0 Å². The van der Waals surface area contributed by atoms with Crippen LogP contribution in [0.3, 0.4) is 0 Å². The summed E-state index contributed by atoms with van der Waals surface area (Å²) in [7, 11) is 0. The molecule has 0 aromatic carbocycles. The normalized spacial score (nSPS) is 31.6. The molecule has 0 aromatic heterocycles. The SMILES string of the molecule is CC(Br)C(C)CC1CCCC1(F)F. The summed E-state index contributed by atoms with van der Waals surface area (Å²) < 4.78 is 26.4. The average Bonchev–Trinajstić information content (AvgIpc) is 2.30. The fraction of sp³-hybridized carbons (Fsp3) is 1.00. The van der Waals surface area contributed by atoms with Gasteiger partial charge in [-0.25, -0.2) is 8.78 Å². The van der Waals surface area contributed by atoms with E-state index in [2.05, 4.69) is 15.9 Å². The van der Waals surface area contributed by atoms with Crippen molar-refractivity contribution in [3.05, 3.63) is 0 Å². The molecule has 1 aliphatic rings. The number of halogens is 3. The number of hydrogen-bond acceptors (Lipinski definition) is 0. The van der Waals surface area contributed by atoms with E-state index in [9.17, 15) is 8.78 Å². The third-order valence-corrected chi connectivity index (χ3v) is 4.00. The lowest BCUT2D eigenvalue weighted by molar-refractivity contribution is -0.0436. The summed E-state index contributed by atoms with van der Waals surface area (Å²) >= 11 is 3.44. The first-order chi connectivity index (χ1) is 5.93. The van der Waals surface area contributed by atoms with Gasteiger partial charge in [-0.2, -0.15) is 0 Å². The molecule has 0 radical (unpaired) electrons. The van der Waals surface area contributed by atoms with E-state index in [4.69, 9.17) is 0 Å². The van der Waals surface area contributed by atoms with Crippen molar-refractivity contribution in [3.8, 4) is 0 Å². The molecule has 1 saturated carbocycles. The minimum atomic E-state index is -2.39. The van der Waals surface area contributed by atoms with Gasteiger partial charge in [-0.1, -0.05) is 29.8 Å². The predicted molar refractivity (Wildman–Crippen MR) is 54.5 cm³/mol. The lowest BCUT2D eigenvalue weighted by atomic mass is 9.91. The second-order valence-electron chi connectivity index (χ2n) is 4.24. The van der Waals surface area contributed by atoms with Crippen LogP contribution in [0.2, 0.25) is 0 Å². The second-order valence-corrected chi connectivity index (χ2v) is 5.69. The van der Waals surface area contributed by atoms with Crippen molar-refractivity contribution in [2.75, 3.05) is 0 Å². The van der Waals surface area contributed by atoms with Gasteiger partial charge in [0.05, 0.1) is 0 Å². The van der Waals surface area contributed by atoms with E-state index >= 15 is 0 Å². The quantitative estimate of drug-likeness (QED) is 0.662. The first-order valence-corrected chi connectivity index (χ1v) is 5.87.